The van der Waals surface area contributed by atoms with Gasteiger partial charge in [0.1, 0.15) is 11.6 Å². The van der Waals surface area contributed by atoms with Crippen molar-refractivity contribution in [3.8, 4) is 0 Å². The molecule has 1 aromatic rings. The molecule has 6 unspecified atom stereocenters. The lowest BCUT2D eigenvalue weighted by Gasteiger charge is -2.39. The Labute approximate surface area is 365 Å². The van der Waals surface area contributed by atoms with Crippen LogP contribution in [0.15, 0.2) is 30.3 Å². The molecule has 0 radical (unpaired) electrons. The number of benzene rings is 1. The Hall–Kier alpha value is -4.90. The highest BCUT2D eigenvalue weighted by molar-refractivity contribution is 6.01. The number of carboxylic acids is 1. The van der Waals surface area contributed by atoms with E-state index in [4.69, 9.17) is 9.47 Å². The van der Waals surface area contributed by atoms with Crippen LogP contribution in [0.1, 0.15) is 110 Å². The second-order valence-corrected chi connectivity index (χ2v) is 17.5. The number of likely N-dealkylation sites (N-methyl/N-ethyl adjacent to an activating group) is 1. The molecule has 62 heavy (non-hydrogen) atoms. The third-order valence-corrected chi connectivity index (χ3v) is 12.7. The zero-order valence-electron chi connectivity index (χ0n) is 37.3. The van der Waals surface area contributed by atoms with Gasteiger partial charge in [0, 0.05) is 60.0 Å². The number of carbonyl (C=O) groups is 8. The average Bonchev–Trinajstić information content (AvgIpc) is 4.02. The van der Waals surface area contributed by atoms with Gasteiger partial charge in [0.15, 0.2) is 0 Å². The number of unbranched alkanes of at least 4 members (excludes halogenated alkanes) is 2. The van der Waals surface area contributed by atoms with Gasteiger partial charge in [0.05, 0.1) is 43.2 Å². The lowest BCUT2D eigenvalue weighted by Crippen LogP contribution is -2.57. The first-order chi connectivity index (χ1) is 29.5. The van der Waals surface area contributed by atoms with Crippen LogP contribution in [0.2, 0.25) is 0 Å². The van der Waals surface area contributed by atoms with Gasteiger partial charge in [-0.1, -0.05) is 56.5 Å². The van der Waals surface area contributed by atoms with Crippen LogP contribution in [0.5, 0.6) is 0 Å². The summed E-state index contributed by atoms with van der Waals surface area (Å²) in [6, 6.07) is 6.95. The third-order valence-electron chi connectivity index (χ3n) is 12.7. The molecule has 1 aliphatic carbocycles. The summed E-state index contributed by atoms with van der Waals surface area (Å²) in [4.78, 5) is 108. The normalized spacial score (nSPS) is 19.4. The molecule has 344 valence electrons. The second-order valence-electron chi connectivity index (χ2n) is 17.5. The molecule has 0 aromatic heterocycles. The number of likely N-dealkylation sites (tertiary alicyclic amines) is 2. The van der Waals surface area contributed by atoms with Crippen molar-refractivity contribution in [1.29, 1.82) is 0 Å². The topological polar surface area (TPSA) is 221 Å². The largest absolute Gasteiger partial charge is 0.480 e. The van der Waals surface area contributed by atoms with Crippen LogP contribution in [0.3, 0.4) is 0 Å². The van der Waals surface area contributed by atoms with Gasteiger partial charge in [-0.15, -0.1) is 0 Å². The minimum atomic E-state index is -1.32. The number of nitrogens with one attached hydrogen (secondary N) is 3. The van der Waals surface area contributed by atoms with E-state index >= 15 is 0 Å². The van der Waals surface area contributed by atoms with Crippen LogP contribution >= 0.6 is 0 Å². The first-order valence-electron chi connectivity index (χ1n) is 22.1. The van der Waals surface area contributed by atoms with E-state index < -0.39 is 59.6 Å². The molecule has 2 saturated heterocycles. The molecule has 0 spiro atoms. The van der Waals surface area contributed by atoms with Crippen molar-refractivity contribution in [2.75, 3.05) is 40.9 Å². The summed E-state index contributed by atoms with van der Waals surface area (Å²) in [6.45, 7) is 5.21. The van der Waals surface area contributed by atoms with E-state index in [2.05, 4.69) is 16.0 Å². The molecule has 4 rings (SSSR count). The fraction of sp³-hybridized carbons (Fsp3) is 0.689. The number of imide groups is 1. The molecule has 7 amide bonds. The molecule has 2 aliphatic heterocycles. The standard InChI is InChI=1S/C45H68N6O11/c1-29(42(57)47-32(43(58)59)26-30-16-9-7-10-17-30)41(62-6)33-20-15-25-50(33)38(55)27-34(61-5)40(31-18-12-13-19-31)49(4)39(56)28-46-44(60)45(2,3)48-35(52)21-11-8-14-24-51-36(53)22-23-37(51)54/h7,9-10,16-17,29,31-34,40-41H,8,11-15,18-28H2,1-6H3,(H,46,60)(H,47,57)(H,48,52)(H,58,59). The highest BCUT2D eigenvalue weighted by Crippen LogP contribution is 2.34. The van der Waals surface area contributed by atoms with E-state index in [1.54, 1.807) is 61.9 Å². The Morgan fingerprint density at radius 2 is 1.58 bits per heavy atom. The summed E-state index contributed by atoms with van der Waals surface area (Å²) < 4.78 is 11.9. The fourth-order valence-corrected chi connectivity index (χ4v) is 9.18. The zero-order valence-corrected chi connectivity index (χ0v) is 37.3. The molecule has 0 bridgehead atoms. The number of hydrogen-bond donors (Lipinski definition) is 4. The molecule has 3 aliphatic rings. The van der Waals surface area contributed by atoms with Crippen LogP contribution in [0, 0.1) is 11.8 Å². The van der Waals surface area contributed by atoms with E-state index in [-0.39, 0.29) is 74.1 Å². The van der Waals surface area contributed by atoms with Crippen LogP contribution in [0.25, 0.3) is 0 Å². The molecular weight excluding hydrogens is 801 g/mol. The maximum atomic E-state index is 14.2. The van der Waals surface area contributed by atoms with Gasteiger partial charge in [-0.25, -0.2) is 4.79 Å². The number of ether oxygens (including phenoxy) is 2. The Kier molecular flexibility index (Phi) is 18.9. The van der Waals surface area contributed by atoms with Crippen LogP contribution in [-0.2, 0) is 54.3 Å². The Morgan fingerprint density at radius 1 is 0.919 bits per heavy atom. The van der Waals surface area contributed by atoms with E-state index in [1.807, 2.05) is 6.07 Å². The van der Waals surface area contributed by atoms with Crippen LogP contribution < -0.4 is 16.0 Å². The maximum absolute atomic E-state index is 14.2. The van der Waals surface area contributed by atoms with Crippen LogP contribution in [0.4, 0.5) is 0 Å². The van der Waals surface area contributed by atoms with Crippen molar-refractivity contribution in [2.45, 2.75) is 147 Å². The lowest BCUT2D eigenvalue weighted by atomic mass is 9.89. The summed E-state index contributed by atoms with van der Waals surface area (Å²) in [5, 5.41) is 18.0. The molecule has 17 nitrogen and oxygen atoms in total. The van der Waals surface area contributed by atoms with Gasteiger partial charge in [-0.05, 0) is 63.9 Å². The number of rotatable bonds is 24. The minimum Gasteiger partial charge on any atom is -0.480 e. The number of nitrogens with zero attached hydrogens (tertiary/aromatic N) is 3. The number of aliphatic carboxylic acids is 1. The lowest BCUT2D eigenvalue weighted by molar-refractivity contribution is -0.147. The summed E-state index contributed by atoms with van der Waals surface area (Å²) in [6.07, 6.45) is 5.91. The molecule has 1 aromatic carbocycles. The molecular formula is C45H68N6O11. The first kappa shape index (κ1) is 49.8. The SMILES string of the molecule is COC(CC(=O)N1CCCC1C(OC)C(C)C(=O)NC(Cc1ccccc1)C(=O)O)C(C1CCCC1)N(C)C(=O)CNC(=O)C(C)(C)NC(=O)CCCCCN1C(=O)CCC1=O. The number of carbonyl (C=O) groups excluding carboxylic acids is 7. The van der Waals surface area contributed by atoms with E-state index in [9.17, 15) is 43.5 Å². The summed E-state index contributed by atoms with van der Waals surface area (Å²) >= 11 is 0. The van der Waals surface area contributed by atoms with Crippen molar-refractivity contribution in [3.63, 3.8) is 0 Å². The highest BCUT2D eigenvalue weighted by Gasteiger charge is 2.43. The monoisotopic (exact) mass is 868 g/mol. The van der Waals surface area contributed by atoms with E-state index in [0.717, 1.165) is 31.2 Å². The molecule has 3 fully saturated rings. The Balaban J connectivity index is 1.32. The molecule has 2 heterocycles. The number of carboxylic acid groups (broad SMARTS) is 1. The minimum absolute atomic E-state index is 0.0408. The van der Waals surface area contributed by atoms with Gasteiger partial charge >= 0.3 is 5.97 Å². The molecule has 4 N–H and O–H groups in total. The number of amides is 7. The summed E-state index contributed by atoms with van der Waals surface area (Å²) in [5.74, 6) is -4.19. The van der Waals surface area contributed by atoms with E-state index in [0.29, 0.717) is 45.2 Å². The summed E-state index contributed by atoms with van der Waals surface area (Å²) in [7, 11) is 4.64. The number of hydrogen-bond acceptors (Lipinski definition) is 10. The smallest absolute Gasteiger partial charge is 0.326 e. The third kappa shape index (κ3) is 13.5. The molecule has 6 atom stereocenters. The predicted molar refractivity (Wildman–Crippen MR) is 228 cm³/mol. The van der Waals surface area contributed by atoms with Crippen molar-refractivity contribution >= 4 is 47.3 Å². The van der Waals surface area contributed by atoms with Crippen molar-refractivity contribution in [1.82, 2.24) is 30.7 Å². The van der Waals surface area contributed by atoms with Gasteiger partial charge < -0.3 is 40.3 Å². The maximum Gasteiger partial charge on any atom is 0.326 e. The van der Waals surface area contributed by atoms with Crippen LogP contribution in [-0.4, -0.2) is 144 Å². The predicted octanol–water partition coefficient (Wildman–Crippen LogP) is 2.58. The highest BCUT2D eigenvalue weighted by atomic mass is 16.5. The fourth-order valence-electron chi connectivity index (χ4n) is 9.18. The quantitative estimate of drug-likeness (QED) is 0.0874. The van der Waals surface area contributed by atoms with Crippen molar-refractivity contribution < 1.29 is 52.9 Å². The van der Waals surface area contributed by atoms with Crippen molar-refractivity contribution in [2.24, 2.45) is 11.8 Å². The Morgan fingerprint density at radius 3 is 2.19 bits per heavy atom. The number of methoxy groups -OCH3 is 2. The van der Waals surface area contributed by atoms with E-state index in [1.165, 1.54) is 19.1 Å². The molecule has 17 heteroatoms. The zero-order chi connectivity index (χ0) is 45.6. The second kappa shape index (κ2) is 23.5. The van der Waals surface area contributed by atoms with Gasteiger partial charge in [0.25, 0.3) is 0 Å². The first-order valence-corrected chi connectivity index (χ1v) is 22.1. The Bertz CT molecular complexity index is 1720. The van der Waals surface area contributed by atoms with Gasteiger partial charge in [0.2, 0.25) is 41.4 Å². The molecule has 1 saturated carbocycles. The van der Waals surface area contributed by atoms with Crippen molar-refractivity contribution in [3.05, 3.63) is 35.9 Å². The van der Waals surface area contributed by atoms with Gasteiger partial charge in [-0.2, -0.15) is 0 Å². The van der Waals surface area contributed by atoms with Gasteiger partial charge in [-0.3, -0.25) is 38.5 Å². The average molecular weight is 869 g/mol. The summed E-state index contributed by atoms with van der Waals surface area (Å²) in [5.41, 5.74) is -0.551.